The van der Waals surface area contributed by atoms with Crippen molar-refractivity contribution in [3.63, 3.8) is 0 Å². The van der Waals surface area contributed by atoms with Gasteiger partial charge in [-0.3, -0.25) is 0 Å². The van der Waals surface area contributed by atoms with E-state index in [-0.39, 0.29) is 12.2 Å². The number of rotatable bonds is 9. The van der Waals surface area contributed by atoms with Crippen molar-refractivity contribution in [2.75, 3.05) is 26.8 Å². The van der Waals surface area contributed by atoms with Gasteiger partial charge in [0.1, 0.15) is 0 Å². The predicted molar refractivity (Wildman–Crippen MR) is 74.8 cm³/mol. The minimum atomic E-state index is 0.0860. The number of ether oxygens (including phenoxy) is 2. The Morgan fingerprint density at radius 2 is 1.94 bits per heavy atom. The van der Waals surface area contributed by atoms with Gasteiger partial charge >= 0.3 is 0 Å². The summed E-state index contributed by atoms with van der Waals surface area (Å²) in [6.07, 6.45) is 1.32. The number of benzene rings is 1. The Kier molecular flexibility index (Phi) is 7.65. The second kappa shape index (κ2) is 9.09. The van der Waals surface area contributed by atoms with Gasteiger partial charge in [-0.2, -0.15) is 0 Å². The van der Waals surface area contributed by atoms with E-state index in [1.807, 2.05) is 25.1 Å². The van der Waals surface area contributed by atoms with Gasteiger partial charge in [0, 0.05) is 13.7 Å². The highest BCUT2D eigenvalue weighted by molar-refractivity contribution is 5.18. The van der Waals surface area contributed by atoms with Crippen LogP contribution in [0.15, 0.2) is 30.3 Å². The Hall–Kier alpha value is -0.900. The second-order valence-electron chi connectivity index (χ2n) is 4.51. The maximum Gasteiger partial charge on any atom is 0.0954 e. The van der Waals surface area contributed by atoms with Gasteiger partial charge in [0.05, 0.1) is 18.8 Å². The van der Waals surface area contributed by atoms with E-state index in [1.54, 1.807) is 7.11 Å². The van der Waals surface area contributed by atoms with Gasteiger partial charge in [0.15, 0.2) is 0 Å². The van der Waals surface area contributed by atoms with Crippen LogP contribution in [0.2, 0.25) is 0 Å². The lowest BCUT2D eigenvalue weighted by Gasteiger charge is -2.23. The van der Waals surface area contributed by atoms with Crippen molar-refractivity contribution in [2.45, 2.75) is 32.5 Å². The molecule has 0 amide bonds. The van der Waals surface area contributed by atoms with E-state index in [2.05, 4.69) is 24.4 Å². The first-order chi connectivity index (χ1) is 8.77. The van der Waals surface area contributed by atoms with Crippen LogP contribution >= 0.6 is 0 Å². The van der Waals surface area contributed by atoms with Crippen molar-refractivity contribution in [3.8, 4) is 0 Å². The molecule has 0 bridgehead atoms. The van der Waals surface area contributed by atoms with E-state index >= 15 is 0 Å². The summed E-state index contributed by atoms with van der Waals surface area (Å²) in [6.45, 7) is 6.69. The van der Waals surface area contributed by atoms with Gasteiger partial charge in [-0.25, -0.2) is 0 Å². The number of hydrogen-bond donors (Lipinski definition) is 1. The minimum absolute atomic E-state index is 0.0860. The summed E-state index contributed by atoms with van der Waals surface area (Å²) < 4.78 is 11.2. The molecular formula is C15H25NO2. The molecule has 1 aromatic carbocycles. The van der Waals surface area contributed by atoms with Crippen LogP contribution in [0.1, 0.15) is 31.9 Å². The first-order valence-corrected chi connectivity index (χ1v) is 6.68. The molecule has 1 aromatic rings. The highest BCUT2D eigenvalue weighted by atomic mass is 16.5. The van der Waals surface area contributed by atoms with Crippen LogP contribution in [0.3, 0.4) is 0 Å². The summed E-state index contributed by atoms with van der Waals surface area (Å²) in [6, 6.07) is 10.3. The Labute approximate surface area is 110 Å². The molecule has 0 aliphatic rings. The Bertz CT molecular complexity index is 303. The van der Waals surface area contributed by atoms with Gasteiger partial charge in [-0.15, -0.1) is 0 Å². The third kappa shape index (κ3) is 5.63. The topological polar surface area (TPSA) is 30.5 Å². The molecule has 1 N–H and O–H groups in total. The number of nitrogens with one attached hydrogen (secondary N) is 1. The summed E-state index contributed by atoms with van der Waals surface area (Å²) in [5, 5.41) is 3.42. The molecule has 18 heavy (non-hydrogen) atoms. The zero-order valence-corrected chi connectivity index (χ0v) is 11.7. The second-order valence-corrected chi connectivity index (χ2v) is 4.51. The fourth-order valence-electron chi connectivity index (χ4n) is 1.88. The highest BCUT2D eigenvalue weighted by Crippen LogP contribution is 2.18. The zero-order valence-electron chi connectivity index (χ0n) is 11.7. The molecule has 3 heteroatoms. The summed E-state index contributed by atoms with van der Waals surface area (Å²) >= 11 is 0. The molecule has 0 aliphatic heterocycles. The molecule has 2 atom stereocenters. The van der Waals surface area contributed by atoms with Crippen molar-refractivity contribution >= 4 is 0 Å². The maximum absolute atomic E-state index is 6.04. The smallest absolute Gasteiger partial charge is 0.0954 e. The van der Waals surface area contributed by atoms with Crippen LogP contribution in [0.4, 0.5) is 0 Å². The quantitative estimate of drug-likeness (QED) is 0.685. The van der Waals surface area contributed by atoms with Crippen molar-refractivity contribution in [1.82, 2.24) is 5.32 Å². The SMILES string of the molecule is CCCNCC(OC(C)COC)c1ccccc1. The molecule has 2 unspecified atom stereocenters. The highest BCUT2D eigenvalue weighted by Gasteiger charge is 2.14. The molecule has 3 nitrogen and oxygen atoms in total. The molecule has 0 saturated carbocycles. The monoisotopic (exact) mass is 251 g/mol. The van der Waals surface area contributed by atoms with E-state index in [0.717, 1.165) is 19.5 Å². The van der Waals surface area contributed by atoms with Crippen LogP contribution in [-0.2, 0) is 9.47 Å². The molecule has 0 saturated heterocycles. The third-order valence-electron chi connectivity index (χ3n) is 2.73. The fraction of sp³-hybridized carbons (Fsp3) is 0.600. The average molecular weight is 251 g/mol. The maximum atomic E-state index is 6.04. The molecule has 0 spiro atoms. The standard InChI is InChI=1S/C15H25NO2/c1-4-10-16-11-15(18-13(2)12-17-3)14-8-6-5-7-9-14/h5-9,13,15-16H,4,10-12H2,1-3H3. The van der Waals surface area contributed by atoms with Crippen molar-refractivity contribution in [1.29, 1.82) is 0 Å². The predicted octanol–water partition coefficient (Wildman–Crippen LogP) is 2.78. The number of hydrogen-bond acceptors (Lipinski definition) is 3. The van der Waals surface area contributed by atoms with Crippen molar-refractivity contribution in [2.24, 2.45) is 0 Å². The molecule has 0 aliphatic carbocycles. The van der Waals surface area contributed by atoms with E-state index in [0.29, 0.717) is 6.61 Å². The van der Waals surface area contributed by atoms with Crippen LogP contribution < -0.4 is 5.32 Å². The lowest BCUT2D eigenvalue weighted by atomic mass is 10.1. The van der Waals surface area contributed by atoms with Gasteiger partial charge in [0.2, 0.25) is 0 Å². The molecule has 0 radical (unpaired) electrons. The molecular weight excluding hydrogens is 226 g/mol. The summed E-state index contributed by atoms with van der Waals surface area (Å²) in [4.78, 5) is 0. The molecule has 0 aromatic heterocycles. The third-order valence-corrected chi connectivity index (χ3v) is 2.73. The van der Waals surface area contributed by atoms with Crippen LogP contribution in [0, 0.1) is 0 Å². The summed E-state index contributed by atoms with van der Waals surface area (Å²) in [7, 11) is 1.70. The Morgan fingerprint density at radius 1 is 1.22 bits per heavy atom. The molecule has 0 heterocycles. The van der Waals surface area contributed by atoms with Crippen molar-refractivity contribution in [3.05, 3.63) is 35.9 Å². The van der Waals surface area contributed by atoms with Gasteiger partial charge in [0.25, 0.3) is 0 Å². The zero-order chi connectivity index (χ0) is 13.2. The van der Waals surface area contributed by atoms with E-state index in [9.17, 15) is 0 Å². The number of methoxy groups -OCH3 is 1. The average Bonchev–Trinajstić information content (AvgIpc) is 2.39. The molecule has 0 fully saturated rings. The van der Waals surface area contributed by atoms with Gasteiger partial charge < -0.3 is 14.8 Å². The van der Waals surface area contributed by atoms with E-state index in [1.165, 1.54) is 5.56 Å². The van der Waals surface area contributed by atoms with E-state index < -0.39 is 0 Å². The Balaban J connectivity index is 2.57. The first kappa shape index (κ1) is 15.2. The van der Waals surface area contributed by atoms with Crippen LogP contribution in [0.5, 0.6) is 0 Å². The molecule has 102 valence electrons. The van der Waals surface area contributed by atoms with Gasteiger partial charge in [-0.05, 0) is 25.5 Å². The largest absolute Gasteiger partial charge is 0.382 e. The van der Waals surface area contributed by atoms with Crippen LogP contribution in [0.25, 0.3) is 0 Å². The Morgan fingerprint density at radius 3 is 2.56 bits per heavy atom. The lowest BCUT2D eigenvalue weighted by molar-refractivity contribution is -0.0392. The van der Waals surface area contributed by atoms with Gasteiger partial charge in [-0.1, -0.05) is 37.3 Å². The van der Waals surface area contributed by atoms with Crippen LogP contribution in [-0.4, -0.2) is 32.9 Å². The molecule has 1 rings (SSSR count). The van der Waals surface area contributed by atoms with Crippen molar-refractivity contribution < 1.29 is 9.47 Å². The van der Waals surface area contributed by atoms with E-state index in [4.69, 9.17) is 9.47 Å². The summed E-state index contributed by atoms with van der Waals surface area (Å²) in [5.41, 5.74) is 1.21. The first-order valence-electron chi connectivity index (χ1n) is 6.68. The lowest BCUT2D eigenvalue weighted by Crippen LogP contribution is -2.28. The fourth-order valence-corrected chi connectivity index (χ4v) is 1.88. The summed E-state index contributed by atoms with van der Waals surface area (Å²) in [5.74, 6) is 0. The normalized spacial score (nSPS) is 14.4. The minimum Gasteiger partial charge on any atom is -0.382 e.